The maximum Gasteiger partial charge on any atom is 0.0564 e. The van der Waals surface area contributed by atoms with Crippen LogP contribution in [0.4, 0.5) is 0 Å². The Kier molecular flexibility index (Phi) is 15.4. The average Bonchev–Trinajstić information content (AvgIpc) is 2.84. The van der Waals surface area contributed by atoms with Gasteiger partial charge in [-0.1, -0.05) is 65.7 Å². The van der Waals surface area contributed by atoms with Crippen LogP contribution in [0.3, 0.4) is 0 Å². The van der Waals surface area contributed by atoms with Crippen molar-refractivity contribution in [2.45, 2.75) is 136 Å². The molecular formula is C31H63N3O. The lowest BCUT2D eigenvalue weighted by Crippen LogP contribution is -2.42. The number of aliphatic hydroxyl groups excluding tert-OH is 1. The Balaban J connectivity index is 1.51. The van der Waals surface area contributed by atoms with Crippen molar-refractivity contribution in [3.8, 4) is 0 Å². The van der Waals surface area contributed by atoms with Gasteiger partial charge < -0.3 is 19.8 Å². The topological polar surface area (TPSA) is 30.0 Å². The van der Waals surface area contributed by atoms with Gasteiger partial charge in [0.15, 0.2) is 0 Å². The molecule has 0 bridgehead atoms. The third-order valence-electron chi connectivity index (χ3n) is 9.39. The predicted octanol–water partition coefficient (Wildman–Crippen LogP) is 6.81. The van der Waals surface area contributed by atoms with Gasteiger partial charge in [-0.2, -0.15) is 0 Å². The molecule has 0 aromatic carbocycles. The summed E-state index contributed by atoms with van der Waals surface area (Å²) in [5.74, 6) is 0.887. The van der Waals surface area contributed by atoms with Crippen LogP contribution in [0.25, 0.3) is 0 Å². The fourth-order valence-electron chi connectivity index (χ4n) is 6.55. The van der Waals surface area contributed by atoms with Gasteiger partial charge in [0.05, 0.1) is 6.10 Å². The summed E-state index contributed by atoms with van der Waals surface area (Å²) < 4.78 is 0. The maximum absolute atomic E-state index is 9.63. The van der Waals surface area contributed by atoms with Gasteiger partial charge in [0.25, 0.3) is 0 Å². The first-order valence-corrected chi connectivity index (χ1v) is 15.6. The molecule has 35 heavy (non-hydrogen) atoms. The number of rotatable bonds is 18. The number of likely N-dealkylation sites (tertiary alicyclic amines) is 2. The van der Waals surface area contributed by atoms with Gasteiger partial charge in [0, 0.05) is 19.1 Å². The zero-order valence-corrected chi connectivity index (χ0v) is 24.6. The lowest BCUT2D eigenvalue weighted by Gasteiger charge is -2.43. The van der Waals surface area contributed by atoms with E-state index in [2.05, 4.69) is 49.4 Å². The Morgan fingerprint density at radius 3 is 1.83 bits per heavy atom. The van der Waals surface area contributed by atoms with Crippen LogP contribution in [0.15, 0.2) is 0 Å². The van der Waals surface area contributed by atoms with E-state index in [1.807, 2.05) is 0 Å². The molecule has 2 rings (SSSR count). The number of hydrogen-bond acceptors (Lipinski definition) is 4. The second-order valence-corrected chi connectivity index (χ2v) is 12.9. The molecule has 0 saturated carbocycles. The average molecular weight is 494 g/mol. The molecule has 0 aromatic rings. The summed E-state index contributed by atoms with van der Waals surface area (Å²) in [7, 11) is 2.35. The van der Waals surface area contributed by atoms with Crippen LogP contribution in [0.5, 0.6) is 0 Å². The van der Waals surface area contributed by atoms with E-state index in [0.29, 0.717) is 11.5 Å². The van der Waals surface area contributed by atoms with E-state index < -0.39 is 0 Å². The van der Waals surface area contributed by atoms with Crippen LogP contribution >= 0.6 is 0 Å². The van der Waals surface area contributed by atoms with E-state index in [9.17, 15) is 5.11 Å². The second kappa shape index (κ2) is 17.4. The van der Waals surface area contributed by atoms with Crippen molar-refractivity contribution in [2.75, 3.05) is 52.9 Å². The molecule has 0 radical (unpaired) electrons. The van der Waals surface area contributed by atoms with Gasteiger partial charge in [0.2, 0.25) is 0 Å². The minimum atomic E-state index is -0.0425. The lowest BCUT2D eigenvalue weighted by molar-refractivity contribution is 0.0691. The Morgan fingerprint density at radius 2 is 1.26 bits per heavy atom. The highest BCUT2D eigenvalue weighted by Crippen LogP contribution is 2.39. The van der Waals surface area contributed by atoms with Gasteiger partial charge in [-0.05, 0) is 109 Å². The van der Waals surface area contributed by atoms with Gasteiger partial charge >= 0.3 is 0 Å². The van der Waals surface area contributed by atoms with Gasteiger partial charge in [-0.3, -0.25) is 0 Å². The highest BCUT2D eigenvalue weighted by atomic mass is 16.3. The molecule has 0 spiro atoms. The van der Waals surface area contributed by atoms with Crippen LogP contribution in [0, 0.1) is 11.3 Å². The fourth-order valence-corrected chi connectivity index (χ4v) is 6.55. The predicted molar refractivity (Wildman–Crippen MR) is 153 cm³/mol. The first kappa shape index (κ1) is 31.1. The molecule has 2 fully saturated rings. The molecule has 1 atom stereocenters. The smallest absolute Gasteiger partial charge is 0.0564 e. The molecule has 4 heteroatoms. The first-order valence-electron chi connectivity index (χ1n) is 15.6. The molecule has 2 heterocycles. The number of aliphatic hydroxyl groups is 1. The highest BCUT2D eigenvalue weighted by Gasteiger charge is 2.34. The monoisotopic (exact) mass is 493 g/mol. The minimum Gasteiger partial charge on any atom is -0.393 e. The summed E-state index contributed by atoms with van der Waals surface area (Å²) in [4.78, 5) is 7.92. The van der Waals surface area contributed by atoms with Crippen LogP contribution in [-0.2, 0) is 0 Å². The van der Waals surface area contributed by atoms with Crippen molar-refractivity contribution in [1.82, 2.24) is 14.7 Å². The minimum absolute atomic E-state index is 0.0425. The third-order valence-corrected chi connectivity index (χ3v) is 9.39. The Labute approximate surface area is 220 Å². The molecule has 1 unspecified atom stereocenters. The molecule has 208 valence electrons. The zero-order chi connectivity index (χ0) is 25.5. The summed E-state index contributed by atoms with van der Waals surface area (Å²) in [5.41, 5.74) is 0.450. The van der Waals surface area contributed by atoms with Gasteiger partial charge in [0.1, 0.15) is 0 Å². The van der Waals surface area contributed by atoms with Crippen LogP contribution in [0.2, 0.25) is 0 Å². The van der Waals surface area contributed by atoms with Crippen LogP contribution in [0.1, 0.15) is 124 Å². The molecule has 0 aliphatic carbocycles. The van der Waals surface area contributed by atoms with Crippen molar-refractivity contribution in [3.05, 3.63) is 0 Å². The SMILES string of the molecule is CCCCCCCN1CCC(C(C)(C)CC(C)N(C)CCCCCCCN2CCC(O)CC2)CC1. The molecule has 0 aromatic heterocycles. The Hall–Kier alpha value is -0.160. The Bertz CT molecular complexity index is 509. The second-order valence-electron chi connectivity index (χ2n) is 12.9. The van der Waals surface area contributed by atoms with Crippen LogP contribution in [-0.4, -0.2) is 84.8 Å². The number of hydrogen-bond donors (Lipinski definition) is 1. The molecule has 2 saturated heterocycles. The highest BCUT2D eigenvalue weighted by molar-refractivity contribution is 4.86. The van der Waals surface area contributed by atoms with Crippen molar-refractivity contribution in [3.63, 3.8) is 0 Å². The summed E-state index contributed by atoms with van der Waals surface area (Å²) in [6.07, 6.45) is 19.8. The number of unbranched alkanes of at least 4 members (excludes halogenated alkanes) is 8. The standard InChI is InChI=1S/C31H63N3O/c1-6-7-8-10-14-21-33-23-16-29(17-24-33)31(3,4)27-28(2)32(5)20-13-11-9-12-15-22-34-25-18-30(35)19-26-34/h28-30,35H,6-27H2,1-5H3. The van der Waals surface area contributed by atoms with Gasteiger partial charge in [-0.25, -0.2) is 0 Å². The van der Waals surface area contributed by atoms with Crippen molar-refractivity contribution >= 4 is 0 Å². The summed E-state index contributed by atoms with van der Waals surface area (Å²) in [6.45, 7) is 18.5. The molecule has 2 aliphatic heterocycles. The molecule has 0 amide bonds. The van der Waals surface area contributed by atoms with E-state index in [4.69, 9.17) is 0 Å². The van der Waals surface area contributed by atoms with Crippen molar-refractivity contribution < 1.29 is 5.11 Å². The Morgan fingerprint density at radius 1 is 0.771 bits per heavy atom. The molecule has 4 nitrogen and oxygen atoms in total. The molecule has 1 N–H and O–H groups in total. The summed E-state index contributed by atoms with van der Waals surface area (Å²) >= 11 is 0. The van der Waals surface area contributed by atoms with Crippen molar-refractivity contribution in [2.24, 2.45) is 11.3 Å². The number of piperidine rings is 2. The van der Waals surface area contributed by atoms with E-state index >= 15 is 0 Å². The van der Waals surface area contributed by atoms with E-state index in [1.54, 1.807) is 0 Å². The molecular weight excluding hydrogens is 430 g/mol. The van der Waals surface area contributed by atoms with Gasteiger partial charge in [-0.15, -0.1) is 0 Å². The van der Waals surface area contributed by atoms with Crippen LogP contribution < -0.4 is 0 Å². The normalized spacial score (nSPS) is 20.7. The largest absolute Gasteiger partial charge is 0.393 e. The first-order chi connectivity index (χ1) is 16.8. The number of nitrogens with zero attached hydrogens (tertiary/aromatic N) is 3. The van der Waals surface area contributed by atoms with Crippen molar-refractivity contribution in [1.29, 1.82) is 0 Å². The summed E-state index contributed by atoms with van der Waals surface area (Å²) in [5, 5.41) is 9.63. The van der Waals surface area contributed by atoms with E-state index in [-0.39, 0.29) is 6.10 Å². The molecule has 2 aliphatic rings. The van der Waals surface area contributed by atoms with E-state index in [1.165, 1.54) is 116 Å². The third kappa shape index (κ3) is 12.8. The quantitative estimate of drug-likeness (QED) is 0.212. The maximum atomic E-state index is 9.63. The lowest BCUT2D eigenvalue weighted by atomic mass is 9.70. The summed E-state index contributed by atoms with van der Waals surface area (Å²) in [6, 6.07) is 0.677. The zero-order valence-electron chi connectivity index (χ0n) is 24.6. The fraction of sp³-hybridized carbons (Fsp3) is 1.00. The van der Waals surface area contributed by atoms with E-state index in [0.717, 1.165) is 31.8 Å².